The van der Waals surface area contributed by atoms with Crippen LogP contribution < -0.4 is 11.3 Å². The molecule has 0 saturated heterocycles. The number of hydrazine groups is 1. The minimum absolute atomic E-state index is 0.0568. The molecule has 0 spiro atoms. The van der Waals surface area contributed by atoms with Gasteiger partial charge in [0, 0.05) is 17.9 Å². The van der Waals surface area contributed by atoms with Crippen molar-refractivity contribution < 1.29 is 9.90 Å². The number of phenols is 1. The molecule has 4 heteroatoms. The van der Waals surface area contributed by atoms with Crippen molar-refractivity contribution in [2.45, 2.75) is 52.9 Å². The first-order valence-corrected chi connectivity index (χ1v) is 7.02. The fraction of sp³-hybridized carbons (Fsp3) is 0.562. The highest BCUT2D eigenvalue weighted by Gasteiger charge is 2.21. The lowest BCUT2D eigenvalue weighted by Crippen LogP contribution is -2.15. The summed E-state index contributed by atoms with van der Waals surface area (Å²) < 4.78 is 0. The molecular weight excluding hydrogens is 252 g/mol. The molecule has 20 heavy (non-hydrogen) atoms. The molecule has 112 valence electrons. The normalized spacial score (nSPS) is 11.8. The fourth-order valence-corrected chi connectivity index (χ4v) is 2.08. The van der Waals surface area contributed by atoms with E-state index in [-0.39, 0.29) is 22.9 Å². The van der Waals surface area contributed by atoms with E-state index in [0.29, 0.717) is 18.5 Å². The highest BCUT2D eigenvalue weighted by molar-refractivity contribution is 5.80. The first-order chi connectivity index (χ1) is 9.16. The quantitative estimate of drug-likeness (QED) is 0.439. The van der Waals surface area contributed by atoms with Crippen LogP contribution in [0.1, 0.15) is 52.2 Å². The second-order valence-corrected chi connectivity index (χ2v) is 6.55. The number of anilines is 1. The number of aromatic hydroxyl groups is 1. The van der Waals surface area contributed by atoms with E-state index < -0.39 is 0 Å². The van der Waals surface area contributed by atoms with Gasteiger partial charge in [0.05, 0.1) is 5.69 Å². The molecule has 4 N–H and O–H groups in total. The number of ketones is 1. The second-order valence-electron chi connectivity index (χ2n) is 6.55. The van der Waals surface area contributed by atoms with Crippen LogP contribution in [-0.2, 0) is 16.6 Å². The van der Waals surface area contributed by atoms with Crippen molar-refractivity contribution in [3.05, 3.63) is 23.3 Å². The Morgan fingerprint density at radius 1 is 1.35 bits per heavy atom. The lowest BCUT2D eigenvalue weighted by Gasteiger charge is -2.23. The molecular formula is C16H26N2O2. The van der Waals surface area contributed by atoms with Gasteiger partial charge in [0.25, 0.3) is 0 Å². The summed E-state index contributed by atoms with van der Waals surface area (Å²) in [7, 11) is 0. The van der Waals surface area contributed by atoms with Gasteiger partial charge < -0.3 is 10.5 Å². The summed E-state index contributed by atoms with van der Waals surface area (Å²) in [6, 6.07) is 3.77. The van der Waals surface area contributed by atoms with Gasteiger partial charge in [0.1, 0.15) is 11.5 Å². The van der Waals surface area contributed by atoms with Gasteiger partial charge in [-0.25, -0.2) is 0 Å². The highest BCUT2D eigenvalue weighted by atomic mass is 16.3. The Morgan fingerprint density at radius 3 is 2.40 bits per heavy atom. The number of nitrogens with one attached hydrogen (secondary N) is 1. The number of phenolic OH excluding ortho intramolecular Hbond substituents is 1. The maximum absolute atomic E-state index is 11.7. The monoisotopic (exact) mass is 278 g/mol. The van der Waals surface area contributed by atoms with E-state index in [2.05, 4.69) is 5.43 Å². The second kappa shape index (κ2) is 6.27. The molecule has 0 aromatic heterocycles. The van der Waals surface area contributed by atoms with E-state index in [1.54, 1.807) is 6.07 Å². The van der Waals surface area contributed by atoms with Crippen molar-refractivity contribution in [3.63, 3.8) is 0 Å². The Bertz CT molecular complexity index is 488. The van der Waals surface area contributed by atoms with Crippen LogP contribution >= 0.6 is 0 Å². The van der Waals surface area contributed by atoms with Gasteiger partial charge in [-0.1, -0.05) is 40.7 Å². The smallest absolute Gasteiger partial charge is 0.143 e. The van der Waals surface area contributed by atoms with Crippen molar-refractivity contribution in [2.75, 3.05) is 5.43 Å². The molecule has 0 amide bonds. The number of nitrogens with two attached hydrogens (primary N) is 1. The average molecular weight is 278 g/mol. The topological polar surface area (TPSA) is 75.4 Å². The lowest BCUT2D eigenvalue weighted by molar-refractivity contribution is -0.121. The number of nitrogen functional groups attached to an aromatic ring is 1. The van der Waals surface area contributed by atoms with Crippen LogP contribution in [0.25, 0.3) is 0 Å². The Labute approximate surface area is 121 Å². The van der Waals surface area contributed by atoms with Crippen LogP contribution in [0, 0.1) is 5.92 Å². The van der Waals surface area contributed by atoms with Crippen molar-refractivity contribution in [1.82, 2.24) is 0 Å². The van der Waals surface area contributed by atoms with Crippen LogP contribution in [0.5, 0.6) is 5.75 Å². The SMILES string of the molecule is CC(C)C(=O)CCc1cc(NN)c(O)c(C(C)(C)C)c1. The molecule has 1 rings (SSSR count). The van der Waals surface area contributed by atoms with Crippen molar-refractivity contribution in [2.24, 2.45) is 11.8 Å². The number of rotatable bonds is 5. The molecule has 1 aromatic carbocycles. The summed E-state index contributed by atoms with van der Waals surface area (Å²) in [5, 5.41) is 10.2. The van der Waals surface area contributed by atoms with Crippen molar-refractivity contribution in [3.8, 4) is 5.75 Å². The van der Waals surface area contributed by atoms with E-state index in [0.717, 1.165) is 11.1 Å². The van der Waals surface area contributed by atoms with Crippen LogP contribution in [-0.4, -0.2) is 10.9 Å². The van der Waals surface area contributed by atoms with E-state index in [1.807, 2.05) is 40.7 Å². The maximum Gasteiger partial charge on any atom is 0.143 e. The Balaban J connectivity index is 3.07. The standard InChI is InChI=1S/C16H26N2O2/c1-10(2)14(19)7-6-11-8-12(16(3,4)5)15(20)13(9-11)18-17/h8-10,18,20H,6-7,17H2,1-5H3. The lowest BCUT2D eigenvalue weighted by atomic mass is 9.84. The molecule has 0 atom stereocenters. The van der Waals surface area contributed by atoms with Gasteiger partial charge in [-0.05, 0) is 23.5 Å². The third-order valence-corrected chi connectivity index (χ3v) is 3.44. The molecule has 0 saturated carbocycles. The van der Waals surface area contributed by atoms with E-state index in [1.165, 1.54) is 0 Å². The summed E-state index contributed by atoms with van der Waals surface area (Å²) in [5.41, 5.74) is 4.68. The summed E-state index contributed by atoms with van der Waals surface area (Å²) in [4.78, 5) is 11.7. The van der Waals surface area contributed by atoms with Gasteiger partial charge in [-0.3, -0.25) is 10.6 Å². The van der Waals surface area contributed by atoms with Crippen molar-refractivity contribution >= 4 is 11.5 Å². The van der Waals surface area contributed by atoms with Gasteiger partial charge in [0.2, 0.25) is 0 Å². The predicted molar refractivity (Wildman–Crippen MR) is 82.8 cm³/mol. The van der Waals surface area contributed by atoms with Crippen LogP contribution in [0.15, 0.2) is 12.1 Å². The van der Waals surface area contributed by atoms with E-state index in [9.17, 15) is 9.90 Å². The Kier molecular flexibility index (Phi) is 5.17. The molecule has 0 radical (unpaired) electrons. The molecule has 1 aromatic rings. The van der Waals surface area contributed by atoms with Crippen LogP contribution in [0.3, 0.4) is 0 Å². The van der Waals surface area contributed by atoms with Gasteiger partial charge in [0.15, 0.2) is 0 Å². The number of carbonyl (C=O) groups is 1. The summed E-state index contributed by atoms with van der Waals surface area (Å²) in [6.45, 7) is 9.92. The third kappa shape index (κ3) is 3.97. The van der Waals surface area contributed by atoms with Crippen LogP contribution in [0.2, 0.25) is 0 Å². The Morgan fingerprint density at radius 2 is 1.95 bits per heavy atom. The highest BCUT2D eigenvalue weighted by Crippen LogP contribution is 2.37. The molecule has 0 aliphatic rings. The molecule has 0 aliphatic carbocycles. The Hall–Kier alpha value is -1.55. The number of benzene rings is 1. The summed E-state index contributed by atoms with van der Waals surface area (Å²) in [5.74, 6) is 5.94. The molecule has 0 bridgehead atoms. The summed E-state index contributed by atoms with van der Waals surface area (Å²) in [6.07, 6.45) is 1.17. The van der Waals surface area contributed by atoms with E-state index >= 15 is 0 Å². The maximum atomic E-state index is 11.7. The average Bonchev–Trinajstić information content (AvgIpc) is 2.35. The van der Waals surface area contributed by atoms with Gasteiger partial charge in [-0.2, -0.15) is 0 Å². The molecule has 0 heterocycles. The molecule has 0 aliphatic heterocycles. The third-order valence-electron chi connectivity index (χ3n) is 3.44. The molecule has 4 nitrogen and oxygen atoms in total. The first-order valence-electron chi connectivity index (χ1n) is 7.02. The predicted octanol–water partition coefficient (Wildman–Crippen LogP) is 3.13. The number of aryl methyl sites for hydroxylation is 1. The minimum Gasteiger partial charge on any atom is -0.505 e. The molecule has 0 unspecified atom stereocenters. The fourth-order valence-electron chi connectivity index (χ4n) is 2.08. The van der Waals surface area contributed by atoms with Gasteiger partial charge >= 0.3 is 0 Å². The summed E-state index contributed by atoms with van der Waals surface area (Å²) >= 11 is 0. The van der Waals surface area contributed by atoms with Crippen molar-refractivity contribution in [1.29, 1.82) is 0 Å². The van der Waals surface area contributed by atoms with Crippen LogP contribution in [0.4, 0.5) is 5.69 Å². The number of carbonyl (C=O) groups excluding carboxylic acids is 1. The number of hydrogen-bond donors (Lipinski definition) is 3. The number of Topliss-reactive ketones (excluding diaryl/α,β-unsaturated/α-hetero) is 1. The minimum atomic E-state index is -0.187. The molecule has 0 fully saturated rings. The zero-order valence-corrected chi connectivity index (χ0v) is 13.1. The van der Waals surface area contributed by atoms with Gasteiger partial charge in [-0.15, -0.1) is 0 Å². The zero-order chi connectivity index (χ0) is 15.5. The first kappa shape index (κ1) is 16.5. The van der Waals surface area contributed by atoms with E-state index in [4.69, 9.17) is 5.84 Å². The zero-order valence-electron chi connectivity index (χ0n) is 13.1. The number of hydrogen-bond acceptors (Lipinski definition) is 4. The largest absolute Gasteiger partial charge is 0.505 e.